The van der Waals surface area contributed by atoms with Crippen molar-refractivity contribution in [2.75, 3.05) is 0 Å². The zero-order valence-corrected chi connectivity index (χ0v) is 11.7. The monoisotopic (exact) mass is 283 g/mol. The van der Waals surface area contributed by atoms with Gasteiger partial charge in [0.25, 0.3) is 0 Å². The van der Waals surface area contributed by atoms with Gasteiger partial charge in [-0.05, 0) is 25.5 Å². The van der Waals surface area contributed by atoms with Gasteiger partial charge < -0.3 is 4.74 Å². The first-order chi connectivity index (χ1) is 8.89. The number of benzene rings is 1. The predicted molar refractivity (Wildman–Crippen MR) is 72.3 cm³/mol. The molecule has 0 saturated carbocycles. The van der Waals surface area contributed by atoms with E-state index in [9.17, 15) is 13.2 Å². The average Bonchev–Trinajstić information content (AvgIpc) is 2.38. The summed E-state index contributed by atoms with van der Waals surface area (Å²) in [5, 5.41) is 0. The molecular weight excluding hydrogens is 266 g/mol. The number of ether oxygens (including phenoxy) is 1. The molecule has 104 valence electrons. The van der Waals surface area contributed by atoms with Crippen LogP contribution in [-0.4, -0.2) is 20.4 Å². The van der Waals surface area contributed by atoms with E-state index in [0.717, 1.165) is 6.08 Å². The van der Waals surface area contributed by atoms with Crippen molar-refractivity contribution in [2.24, 2.45) is 0 Å². The van der Waals surface area contributed by atoms with Gasteiger partial charge in [0.2, 0.25) is 10.0 Å². The second-order valence-corrected chi connectivity index (χ2v) is 5.74. The van der Waals surface area contributed by atoms with Crippen LogP contribution in [-0.2, 0) is 14.8 Å². The number of rotatable bonds is 6. The van der Waals surface area contributed by atoms with Gasteiger partial charge in [0, 0.05) is 18.2 Å². The van der Waals surface area contributed by atoms with Gasteiger partial charge in [-0.15, -0.1) is 0 Å². The molecule has 0 saturated heterocycles. The summed E-state index contributed by atoms with van der Waals surface area (Å²) in [5.41, 5.74) is 0. The molecule has 0 heterocycles. The van der Waals surface area contributed by atoms with Crippen molar-refractivity contribution in [3.05, 3.63) is 36.9 Å². The summed E-state index contributed by atoms with van der Waals surface area (Å²) in [6.45, 7) is 6.93. The Hall–Kier alpha value is -1.66. The van der Waals surface area contributed by atoms with Gasteiger partial charge in [-0.3, -0.25) is 0 Å². The van der Waals surface area contributed by atoms with E-state index in [1.165, 1.54) is 24.3 Å². The predicted octanol–water partition coefficient (Wildman–Crippen LogP) is 1.85. The third-order valence-electron chi connectivity index (χ3n) is 2.47. The van der Waals surface area contributed by atoms with Crippen molar-refractivity contribution in [1.29, 1.82) is 0 Å². The first-order valence-electron chi connectivity index (χ1n) is 5.85. The Bertz CT molecular complexity index is 566. The van der Waals surface area contributed by atoms with Crippen molar-refractivity contribution in [3.63, 3.8) is 0 Å². The summed E-state index contributed by atoms with van der Waals surface area (Å²) < 4.78 is 31.5. The molecule has 0 spiro atoms. The van der Waals surface area contributed by atoms with E-state index in [-0.39, 0.29) is 16.7 Å². The fourth-order valence-electron chi connectivity index (χ4n) is 1.28. The zero-order valence-electron chi connectivity index (χ0n) is 10.9. The van der Waals surface area contributed by atoms with Crippen molar-refractivity contribution in [3.8, 4) is 5.75 Å². The maximum Gasteiger partial charge on any atom is 0.335 e. The maximum absolute atomic E-state index is 12.0. The average molecular weight is 283 g/mol. The molecule has 0 amide bonds. The number of sulfonamides is 1. The van der Waals surface area contributed by atoms with E-state index >= 15 is 0 Å². The van der Waals surface area contributed by atoms with E-state index in [0.29, 0.717) is 6.42 Å². The van der Waals surface area contributed by atoms with Crippen molar-refractivity contribution >= 4 is 16.0 Å². The Morgan fingerprint density at radius 3 is 2.79 bits per heavy atom. The van der Waals surface area contributed by atoms with Crippen LogP contribution in [0, 0.1) is 0 Å². The molecule has 0 aliphatic rings. The number of hydrogen-bond donors (Lipinski definition) is 1. The molecule has 1 aromatic carbocycles. The molecule has 6 heteroatoms. The summed E-state index contributed by atoms with van der Waals surface area (Å²) in [6.07, 6.45) is 1.70. The van der Waals surface area contributed by atoms with Crippen LogP contribution >= 0.6 is 0 Å². The van der Waals surface area contributed by atoms with Crippen molar-refractivity contribution in [2.45, 2.75) is 31.2 Å². The van der Waals surface area contributed by atoms with Crippen molar-refractivity contribution < 1.29 is 17.9 Å². The van der Waals surface area contributed by atoms with Crippen LogP contribution in [0.25, 0.3) is 0 Å². The maximum atomic E-state index is 12.0. The molecule has 0 aliphatic carbocycles. The molecule has 0 bridgehead atoms. The Morgan fingerprint density at radius 1 is 1.53 bits per heavy atom. The third-order valence-corrected chi connectivity index (χ3v) is 4.06. The van der Waals surface area contributed by atoms with E-state index < -0.39 is 16.0 Å². The van der Waals surface area contributed by atoms with Crippen LogP contribution in [0.1, 0.15) is 20.3 Å². The zero-order chi connectivity index (χ0) is 14.5. The first-order valence-corrected chi connectivity index (χ1v) is 7.34. The normalized spacial score (nSPS) is 12.7. The highest BCUT2D eigenvalue weighted by Crippen LogP contribution is 2.18. The highest BCUT2D eigenvalue weighted by Gasteiger charge is 2.17. The lowest BCUT2D eigenvalue weighted by molar-refractivity contribution is -0.128. The smallest absolute Gasteiger partial charge is 0.335 e. The van der Waals surface area contributed by atoms with Crippen LogP contribution in [0.3, 0.4) is 0 Å². The van der Waals surface area contributed by atoms with Crippen LogP contribution in [0.5, 0.6) is 5.75 Å². The molecule has 1 unspecified atom stereocenters. The van der Waals surface area contributed by atoms with Gasteiger partial charge in [0.05, 0.1) is 4.90 Å². The van der Waals surface area contributed by atoms with Gasteiger partial charge in [0.15, 0.2) is 0 Å². The molecule has 0 fully saturated rings. The fourth-order valence-corrected chi connectivity index (χ4v) is 2.64. The Balaban J connectivity index is 2.98. The Labute approximate surface area is 113 Å². The van der Waals surface area contributed by atoms with Gasteiger partial charge in [-0.1, -0.05) is 19.6 Å². The number of hydrogen-bond acceptors (Lipinski definition) is 4. The molecule has 1 aromatic rings. The summed E-state index contributed by atoms with van der Waals surface area (Å²) in [5.74, 6) is -0.471. The summed E-state index contributed by atoms with van der Waals surface area (Å²) in [6, 6.07) is 5.59. The molecule has 0 aliphatic heterocycles. The summed E-state index contributed by atoms with van der Waals surface area (Å²) in [4.78, 5) is 11.1. The molecular formula is C13H17NO4S. The van der Waals surface area contributed by atoms with Crippen molar-refractivity contribution in [1.82, 2.24) is 4.72 Å². The van der Waals surface area contributed by atoms with E-state index in [2.05, 4.69) is 11.3 Å². The Morgan fingerprint density at radius 2 is 2.21 bits per heavy atom. The molecule has 0 aromatic heterocycles. The minimum atomic E-state index is -3.60. The van der Waals surface area contributed by atoms with Gasteiger partial charge in [0.1, 0.15) is 5.75 Å². The van der Waals surface area contributed by atoms with E-state index in [1.807, 2.05) is 6.92 Å². The van der Waals surface area contributed by atoms with Crippen LogP contribution < -0.4 is 9.46 Å². The lowest BCUT2D eigenvalue weighted by Crippen LogP contribution is -2.32. The number of nitrogens with one attached hydrogen (secondary N) is 1. The van der Waals surface area contributed by atoms with Crippen LogP contribution in [0.4, 0.5) is 0 Å². The third kappa shape index (κ3) is 4.50. The minimum absolute atomic E-state index is 0.0576. The molecule has 1 rings (SSSR count). The topological polar surface area (TPSA) is 72.5 Å². The number of carbonyl (C=O) groups is 1. The molecule has 1 atom stereocenters. The van der Waals surface area contributed by atoms with Gasteiger partial charge >= 0.3 is 5.97 Å². The fraction of sp³-hybridized carbons (Fsp3) is 0.308. The minimum Gasteiger partial charge on any atom is -0.423 e. The molecule has 19 heavy (non-hydrogen) atoms. The highest BCUT2D eigenvalue weighted by atomic mass is 32.2. The van der Waals surface area contributed by atoms with E-state index in [1.54, 1.807) is 6.92 Å². The SMILES string of the molecule is C=CC(=O)Oc1cccc(S(=O)(=O)NC(C)CC)c1. The number of carbonyl (C=O) groups excluding carboxylic acids is 1. The first kappa shape index (κ1) is 15.4. The second-order valence-electron chi connectivity index (χ2n) is 4.03. The van der Waals surface area contributed by atoms with Gasteiger partial charge in [-0.2, -0.15) is 0 Å². The summed E-state index contributed by atoms with van der Waals surface area (Å²) >= 11 is 0. The van der Waals surface area contributed by atoms with Gasteiger partial charge in [-0.25, -0.2) is 17.9 Å². The molecule has 5 nitrogen and oxygen atoms in total. The van der Waals surface area contributed by atoms with Crippen LogP contribution in [0.15, 0.2) is 41.8 Å². The molecule has 0 radical (unpaired) electrons. The lowest BCUT2D eigenvalue weighted by atomic mass is 10.3. The Kier molecular flexibility index (Phi) is 5.26. The molecule has 1 N–H and O–H groups in total. The quantitative estimate of drug-likeness (QED) is 0.491. The van der Waals surface area contributed by atoms with Crippen LogP contribution in [0.2, 0.25) is 0 Å². The second kappa shape index (κ2) is 6.49. The summed E-state index contributed by atoms with van der Waals surface area (Å²) in [7, 11) is -3.60. The standard InChI is InChI=1S/C13H17NO4S/c1-4-10(3)14-19(16,17)12-8-6-7-11(9-12)18-13(15)5-2/h5-10,14H,2,4H2,1,3H3. The lowest BCUT2D eigenvalue weighted by Gasteiger charge is -2.12. The highest BCUT2D eigenvalue weighted by molar-refractivity contribution is 7.89. The van der Waals surface area contributed by atoms with E-state index in [4.69, 9.17) is 4.74 Å². The largest absolute Gasteiger partial charge is 0.423 e. The number of esters is 1.